The number of hydrogen-bond donors (Lipinski definition) is 3. The van der Waals surface area contributed by atoms with Gasteiger partial charge in [-0.05, 0) is 31.2 Å². The summed E-state index contributed by atoms with van der Waals surface area (Å²) in [7, 11) is -4.08. The minimum absolute atomic E-state index is 0.176. The molecule has 12 heteroatoms. The summed E-state index contributed by atoms with van der Waals surface area (Å²) >= 11 is 0. The third kappa shape index (κ3) is 3.45. The van der Waals surface area contributed by atoms with Crippen LogP contribution in [0.3, 0.4) is 0 Å². The number of rotatable bonds is 3. The van der Waals surface area contributed by atoms with Crippen molar-refractivity contribution < 1.29 is 31.9 Å². The van der Waals surface area contributed by atoms with E-state index in [9.17, 15) is 31.9 Å². The van der Waals surface area contributed by atoms with E-state index in [0.717, 1.165) is 29.8 Å². The van der Waals surface area contributed by atoms with Gasteiger partial charge in [-0.3, -0.25) is 0 Å². The third-order valence-corrected chi connectivity index (χ3v) is 5.22. The Hall–Kier alpha value is -2.96. The number of nitrogens with zero attached hydrogens (tertiary/aromatic N) is 3. The van der Waals surface area contributed by atoms with Crippen LogP contribution in [0.2, 0.25) is 0 Å². The standard InChI is InChI=1S/C17H15F3N4O4S/c1-10-2-4-11(5-3-10)14-15(23-26)16(25,17(18,19)20)24(22-14)12-6-8-13(9-7-12)29(21,27)28/h2-9,25-26H,1H3,(H2,21,27,28)/b23-15+. The second-order valence-corrected chi connectivity index (χ2v) is 7.85. The van der Waals surface area contributed by atoms with Crippen LogP contribution in [0.25, 0.3) is 0 Å². The zero-order valence-electron chi connectivity index (χ0n) is 14.8. The van der Waals surface area contributed by atoms with Gasteiger partial charge in [0.15, 0.2) is 5.71 Å². The molecule has 1 unspecified atom stereocenters. The number of anilines is 1. The van der Waals surface area contributed by atoms with Crippen LogP contribution >= 0.6 is 0 Å². The van der Waals surface area contributed by atoms with Crippen molar-refractivity contribution in [2.45, 2.75) is 23.7 Å². The van der Waals surface area contributed by atoms with E-state index in [0.29, 0.717) is 0 Å². The number of benzene rings is 2. The topological polar surface area (TPSA) is 129 Å². The summed E-state index contributed by atoms with van der Waals surface area (Å²) < 4.78 is 64.3. The number of aliphatic hydroxyl groups is 1. The van der Waals surface area contributed by atoms with Gasteiger partial charge in [-0.2, -0.15) is 18.3 Å². The number of halogens is 3. The van der Waals surface area contributed by atoms with Crippen molar-refractivity contribution >= 4 is 27.1 Å². The van der Waals surface area contributed by atoms with Crippen LogP contribution in [0.4, 0.5) is 18.9 Å². The fourth-order valence-electron chi connectivity index (χ4n) is 2.78. The first-order chi connectivity index (χ1) is 13.4. The molecule has 3 rings (SSSR count). The van der Waals surface area contributed by atoms with Gasteiger partial charge in [0.2, 0.25) is 10.0 Å². The van der Waals surface area contributed by atoms with Crippen molar-refractivity contribution in [2.75, 3.05) is 5.01 Å². The predicted molar refractivity (Wildman–Crippen MR) is 98.2 cm³/mol. The van der Waals surface area contributed by atoms with Crippen molar-refractivity contribution in [3.05, 3.63) is 59.7 Å². The highest BCUT2D eigenvalue weighted by atomic mass is 32.2. The predicted octanol–water partition coefficient (Wildman–Crippen LogP) is 1.95. The Morgan fingerprint density at radius 1 is 1.10 bits per heavy atom. The van der Waals surface area contributed by atoms with E-state index < -0.39 is 33.3 Å². The minimum atomic E-state index is -5.32. The number of nitrogens with two attached hydrogens (primary N) is 1. The van der Waals surface area contributed by atoms with Crippen LogP contribution in [0.5, 0.6) is 0 Å². The normalized spacial score (nSPS) is 21.5. The van der Waals surface area contributed by atoms with Gasteiger partial charge >= 0.3 is 11.9 Å². The molecule has 2 aromatic rings. The van der Waals surface area contributed by atoms with Gasteiger partial charge < -0.3 is 10.3 Å². The van der Waals surface area contributed by atoms with Crippen LogP contribution in [0.15, 0.2) is 63.7 Å². The van der Waals surface area contributed by atoms with Gasteiger partial charge in [-0.15, -0.1) is 0 Å². The molecular weight excluding hydrogens is 413 g/mol. The number of sulfonamides is 1. The molecule has 2 aromatic carbocycles. The molecular formula is C17H15F3N4O4S. The maximum atomic E-state index is 13.9. The second-order valence-electron chi connectivity index (χ2n) is 6.28. The summed E-state index contributed by atoms with van der Waals surface area (Å²) in [6, 6.07) is 10.1. The molecule has 0 fully saturated rings. The average molecular weight is 428 g/mol. The lowest BCUT2D eigenvalue weighted by Crippen LogP contribution is -2.60. The Balaban J connectivity index is 2.19. The number of hydrogen-bond acceptors (Lipinski definition) is 7. The third-order valence-electron chi connectivity index (χ3n) is 4.29. The minimum Gasteiger partial charge on any atom is -0.410 e. The average Bonchev–Trinajstić information content (AvgIpc) is 2.95. The lowest BCUT2D eigenvalue weighted by atomic mass is 9.97. The van der Waals surface area contributed by atoms with Gasteiger partial charge in [0.1, 0.15) is 5.71 Å². The van der Waals surface area contributed by atoms with E-state index in [2.05, 4.69) is 10.3 Å². The highest BCUT2D eigenvalue weighted by molar-refractivity contribution is 7.89. The molecule has 0 saturated carbocycles. The Morgan fingerprint density at radius 3 is 2.10 bits per heavy atom. The lowest BCUT2D eigenvalue weighted by molar-refractivity contribution is -0.228. The molecule has 1 heterocycles. The van der Waals surface area contributed by atoms with E-state index >= 15 is 0 Å². The molecule has 154 valence electrons. The van der Waals surface area contributed by atoms with Gasteiger partial charge in [0, 0.05) is 5.56 Å². The Kier molecular flexibility index (Phi) is 4.89. The first-order valence-electron chi connectivity index (χ1n) is 8.00. The van der Waals surface area contributed by atoms with Crippen LogP contribution in [0.1, 0.15) is 11.1 Å². The first kappa shape index (κ1) is 20.8. The fourth-order valence-corrected chi connectivity index (χ4v) is 3.30. The quantitative estimate of drug-likeness (QED) is 0.508. The van der Waals surface area contributed by atoms with E-state index in [1.807, 2.05) is 0 Å². The molecule has 1 aliphatic heterocycles. The zero-order chi connectivity index (χ0) is 21.6. The Morgan fingerprint density at radius 2 is 1.66 bits per heavy atom. The van der Waals surface area contributed by atoms with Gasteiger partial charge in [-0.25, -0.2) is 18.6 Å². The number of primary sulfonamides is 1. The van der Waals surface area contributed by atoms with Crippen LogP contribution in [-0.2, 0) is 10.0 Å². The second kappa shape index (κ2) is 6.83. The summed E-state index contributed by atoms with van der Waals surface area (Å²) in [6.45, 7) is 1.77. The first-order valence-corrected chi connectivity index (χ1v) is 9.55. The number of oxime groups is 1. The zero-order valence-corrected chi connectivity index (χ0v) is 15.6. The molecule has 0 radical (unpaired) electrons. The van der Waals surface area contributed by atoms with E-state index in [1.165, 1.54) is 12.1 Å². The Labute approximate surface area is 163 Å². The number of alkyl halides is 3. The molecule has 0 amide bonds. The van der Waals surface area contributed by atoms with Crippen molar-refractivity contribution in [2.24, 2.45) is 15.4 Å². The molecule has 0 saturated heterocycles. The molecule has 1 aliphatic rings. The monoisotopic (exact) mass is 428 g/mol. The molecule has 8 nitrogen and oxygen atoms in total. The van der Waals surface area contributed by atoms with Crippen LogP contribution in [-0.4, -0.2) is 42.1 Å². The van der Waals surface area contributed by atoms with E-state index in [-0.39, 0.29) is 21.2 Å². The molecule has 0 spiro atoms. The van der Waals surface area contributed by atoms with Crippen molar-refractivity contribution in [1.29, 1.82) is 0 Å². The highest BCUT2D eigenvalue weighted by Crippen LogP contribution is 2.42. The molecule has 4 N–H and O–H groups in total. The van der Waals surface area contributed by atoms with Crippen molar-refractivity contribution in [3.63, 3.8) is 0 Å². The van der Waals surface area contributed by atoms with Gasteiger partial charge in [0.05, 0.1) is 10.6 Å². The lowest BCUT2D eigenvalue weighted by Gasteiger charge is -2.33. The Bertz CT molecular complexity index is 1100. The summed E-state index contributed by atoms with van der Waals surface area (Å²) in [5.41, 5.74) is -4.61. The summed E-state index contributed by atoms with van der Waals surface area (Å²) in [6.07, 6.45) is -5.32. The molecule has 1 atom stereocenters. The highest BCUT2D eigenvalue weighted by Gasteiger charge is 2.67. The molecule has 0 bridgehead atoms. The van der Waals surface area contributed by atoms with Gasteiger partial charge in [0.25, 0.3) is 0 Å². The van der Waals surface area contributed by atoms with Crippen LogP contribution in [0, 0.1) is 6.92 Å². The van der Waals surface area contributed by atoms with Crippen LogP contribution < -0.4 is 10.1 Å². The molecule has 29 heavy (non-hydrogen) atoms. The van der Waals surface area contributed by atoms with Crippen molar-refractivity contribution in [3.8, 4) is 0 Å². The maximum Gasteiger partial charge on any atom is 0.445 e. The number of hydrazone groups is 1. The maximum absolute atomic E-state index is 13.9. The largest absolute Gasteiger partial charge is 0.445 e. The number of aryl methyl sites for hydroxylation is 1. The summed E-state index contributed by atoms with van der Waals surface area (Å²) in [4.78, 5) is -0.338. The van der Waals surface area contributed by atoms with E-state index in [4.69, 9.17) is 5.14 Å². The van der Waals surface area contributed by atoms with E-state index in [1.54, 1.807) is 19.1 Å². The summed E-state index contributed by atoms with van der Waals surface area (Å²) in [5.74, 6) is 0. The van der Waals surface area contributed by atoms with Gasteiger partial charge in [-0.1, -0.05) is 35.0 Å². The SMILES string of the molecule is Cc1ccc(C2=NN(c3ccc(S(N)(=O)=O)cc3)C(O)(C(F)(F)F)/C2=N/O)cc1. The van der Waals surface area contributed by atoms with Crippen molar-refractivity contribution in [1.82, 2.24) is 0 Å². The molecule has 0 aromatic heterocycles. The molecule has 0 aliphatic carbocycles. The smallest absolute Gasteiger partial charge is 0.410 e. The fraction of sp³-hybridized carbons (Fsp3) is 0.176. The summed E-state index contributed by atoms with van der Waals surface area (Å²) in [5, 5.41) is 31.6.